The van der Waals surface area contributed by atoms with Gasteiger partial charge in [0.2, 0.25) is 11.8 Å². The van der Waals surface area contributed by atoms with Crippen LogP contribution in [-0.2, 0) is 14.4 Å². The summed E-state index contributed by atoms with van der Waals surface area (Å²) in [5.41, 5.74) is 0.513. The molecule has 3 saturated carbocycles. The second-order valence-electron chi connectivity index (χ2n) is 6.16. The number of rotatable bonds is 1. The maximum atomic E-state index is 12.7. The molecule has 4 atom stereocenters. The number of fused-ring (bicyclic) bond motifs is 2. The molecule has 4 aliphatic rings. The minimum atomic E-state index is -0.448. The van der Waals surface area contributed by atoms with Crippen molar-refractivity contribution in [3.63, 3.8) is 0 Å². The van der Waals surface area contributed by atoms with Crippen LogP contribution in [-0.4, -0.2) is 17.6 Å². The van der Waals surface area contributed by atoms with E-state index in [4.69, 9.17) is 11.6 Å². The van der Waals surface area contributed by atoms with Gasteiger partial charge in [-0.05, 0) is 37.0 Å². The molecule has 0 spiro atoms. The quantitative estimate of drug-likeness (QED) is 0.749. The first-order chi connectivity index (χ1) is 10.1. The molecule has 5 heteroatoms. The predicted molar refractivity (Wildman–Crippen MR) is 76.8 cm³/mol. The lowest BCUT2D eigenvalue weighted by atomic mass is 9.59. The molecule has 3 aliphatic carbocycles. The highest BCUT2D eigenvalue weighted by molar-refractivity contribution is 6.31. The van der Waals surface area contributed by atoms with Crippen molar-refractivity contribution >= 4 is 34.9 Å². The summed E-state index contributed by atoms with van der Waals surface area (Å²) in [6, 6.07) is 6.76. The van der Waals surface area contributed by atoms with E-state index in [0.717, 1.165) is 12.8 Å². The number of halogens is 1. The number of benzene rings is 1. The van der Waals surface area contributed by atoms with Crippen LogP contribution in [0, 0.1) is 23.7 Å². The Hall–Kier alpha value is -1.68. The highest BCUT2D eigenvalue weighted by Crippen LogP contribution is 2.52. The molecule has 1 aliphatic heterocycles. The molecule has 1 aromatic rings. The molecule has 4 nitrogen and oxygen atoms in total. The zero-order chi connectivity index (χ0) is 14.7. The normalized spacial score (nSPS) is 34.5. The zero-order valence-corrected chi connectivity index (χ0v) is 12.0. The number of ketones is 1. The van der Waals surface area contributed by atoms with Crippen LogP contribution in [0.1, 0.15) is 19.3 Å². The summed E-state index contributed by atoms with van der Waals surface area (Å²) in [7, 11) is 0. The molecule has 1 heterocycles. The molecule has 2 amide bonds. The van der Waals surface area contributed by atoms with Crippen molar-refractivity contribution in [2.75, 3.05) is 4.90 Å². The lowest BCUT2D eigenvalue weighted by molar-refractivity contribution is -0.143. The van der Waals surface area contributed by atoms with Crippen LogP contribution in [0.4, 0.5) is 5.69 Å². The van der Waals surface area contributed by atoms with E-state index < -0.39 is 5.92 Å². The fourth-order valence-corrected chi connectivity index (χ4v) is 4.44. The predicted octanol–water partition coefficient (Wildman–Crippen LogP) is 2.44. The lowest BCUT2D eigenvalue weighted by Crippen LogP contribution is -2.46. The Labute approximate surface area is 127 Å². The molecule has 0 aromatic heterocycles. The van der Waals surface area contributed by atoms with Crippen molar-refractivity contribution < 1.29 is 14.4 Å². The van der Waals surface area contributed by atoms with Gasteiger partial charge >= 0.3 is 0 Å². The maximum absolute atomic E-state index is 12.7. The largest absolute Gasteiger partial charge is 0.299 e. The molecule has 0 N–H and O–H groups in total. The fraction of sp³-hybridized carbons (Fsp3) is 0.438. The SMILES string of the molecule is O=C1C[C@H]2CC[C@@H]1[C@H]1C(=O)N(c3cccc(Cl)c3)C(=O)[C@@H]21. The van der Waals surface area contributed by atoms with Gasteiger partial charge in [0.05, 0.1) is 17.5 Å². The molecule has 0 unspecified atom stereocenters. The van der Waals surface area contributed by atoms with Gasteiger partial charge in [-0.2, -0.15) is 0 Å². The van der Waals surface area contributed by atoms with Crippen molar-refractivity contribution in [1.82, 2.24) is 0 Å². The van der Waals surface area contributed by atoms with Crippen molar-refractivity contribution in [3.8, 4) is 0 Å². The summed E-state index contributed by atoms with van der Waals surface area (Å²) in [5.74, 6) is -1.22. The van der Waals surface area contributed by atoms with E-state index in [2.05, 4.69) is 0 Å². The van der Waals surface area contributed by atoms with E-state index >= 15 is 0 Å². The molecule has 21 heavy (non-hydrogen) atoms. The van der Waals surface area contributed by atoms with Crippen molar-refractivity contribution in [3.05, 3.63) is 29.3 Å². The van der Waals surface area contributed by atoms with E-state index in [1.54, 1.807) is 24.3 Å². The molecular formula is C16H14ClNO3. The summed E-state index contributed by atoms with van der Waals surface area (Å²) in [4.78, 5) is 38.7. The van der Waals surface area contributed by atoms with Gasteiger partial charge in [0.15, 0.2) is 0 Å². The summed E-state index contributed by atoms with van der Waals surface area (Å²) in [6.45, 7) is 0. The highest BCUT2D eigenvalue weighted by atomic mass is 35.5. The molecule has 5 rings (SSSR count). The minimum absolute atomic E-state index is 0.0353. The number of imide groups is 1. The van der Waals surface area contributed by atoms with Gasteiger partial charge in [0.25, 0.3) is 0 Å². The Morgan fingerprint density at radius 1 is 1.05 bits per heavy atom. The highest BCUT2D eigenvalue weighted by Gasteiger charge is 2.60. The van der Waals surface area contributed by atoms with Gasteiger partial charge in [-0.3, -0.25) is 14.4 Å². The van der Waals surface area contributed by atoms with E-state index in [9.17, 15) is 14.4 Å². The summed E-state index contributed by atoms with van der Waals surface area (Å²) in [5, 5.41) is 0.488. The van der Waals surface area contributed by atoms with Crippen LogP contribution in [0.15, 0.2) is 24.3 Å². The number of carbonyl (C=O) groups is 3. The number of carbonyl (C=O) groups excluding carboxylic acids is 3. The van der Waals surface area contributed by atoms with Crippen LogP contribution in [0.5, 0.6) is 0 Å². The molecular weight excluding hydrogens is 290 g/mol. The summed E-state index contributed by atoms with van der Waals surface area (Å²) >= 11 is 5.96. The van der Waals surface area contributed by atoms with Crippen LogP contribution in [0.2, 0.25) is 5.02 Å². The maximum Gasteiger partial charge on any atom is 0.238 e. The van der Waals surface area contributed by atoms with Gasteiger partial charge in [0, 0.05) is 17.4 Å². The third-order valence-corrected chi connectivity index (χ3v) is 5.37. The first kappa shape index (κ1) is 13.0. The van der Waals surface area contributed by atoms with E-state index in [0.29, 0.717) is 17.1 Å². The van der Waals surface area contributed by atoms with Crippen LogP contribution in [0.25, 0.3) is 0 Å². The molecule has 2 bridgehead atoms. The summed E-state index contributed by atoms with van der Waals surface area (Å²) < 4.78 is 0. The zero-order valence-electron chi connectivity index (χ0n) is 11.3. The van der Waals surface area contributed by atoms with Gasteiger partial charge < -0.3 is 0 Å². The smallest absolute Gasteiger partial charge is 0.238 e. The Bertz CT molecular complexity index is 671. The molecule has 108 valence electrons. The van der Waals surface area contributed by atoms with Crippen LogP contribution >= 0.6 is 11.6 Å². The third kappa shape index (κ3) is 1.72. The topological polar surface area (TPSA) is 54.5 Å². The number of Topliss-reactive ketones (excluding diaryl/α,β-unsaturated/α-hetero) is 1. The number of amides is 2. The average Bonchev–Trinajstić information content (AvgIpc) is 2.73. The minimum Gasteiger partial charge on any atom is -0.299 e. The molecule has 1 saturated heterocycles. The Morgan fingerprint density at radius 3 is 2.52 bits per heavy atom. The number of hydrogen-bond donors (Lipinski definition) is 0. The van der Waals surface area contributed by atoms with Crippen molar-refractivity contribution in [2.24, 2.45) is 23.7 Å². The second-order valence-corrected chi connectivity index (χ2v) is 6.59. The van der Waals surface area contributed by atoms with Crippen molar-refractivity contribution in [2.45, 2.75) is 19.3 Å². The average molecular weight is 304 g/mol. The van der Waals surface area contributed by atoms with Gasteiger partial charge in [-0.15, -0.1) is 0 Å². The van der Waals surface area contributed by atoms with Crippen LogP contribution < -0.4 is 4.90 Å². The van der Waals surface area contributed by atoms with Gasteiger partial charge in [-0.25, -0.2) is 4.90 Å². The first-order valence-corrected chi connectivity index (χ1v) is 7.62. The number of anilines is 1. The van der Waals surface area contributed by atoms with E-state index in [-0.39, 0.29) is 35.4 Å². The second kappa shape index (κ2) is 4.41. The van der Waals surface area contributed by atoms with Crippen molar-refractivity contribution in [1.29, 1.82) is 0 Å². The Morgan fingerprint density at radius 2 is 1.81 bits per heavy atom. The standard InChI is InChI=1S/C16H14ClNO3/c17-9-2-1-3-10(7-9)18-15(20)13-8-4-5-11(12(19)6-8)14(13)16(18)21/h1-3,7-8,11,13-14H,4-6H2/t8-,11+,13+,14-/m1/s1. The van der Waals surface area contributed by atoms with E-state index in [1.807, 2.05) is 0 Å². The molecule has 0 radical (unpaired) electrons. The fourth-order valence-electron chi connectivity index (χ4n) is 4.25. The first-order valence-electron chi connectivity index (χ1n) is 7.24. The number of nitrogens with zero attached hydrogens (tertiary/aromatic N) is 1. The summed E-state index contributed by atoms with van der Waals surface area (Å²) in [6.07, 6.45) is 2.07. The van der Waals surface area contributed by atoms with Gasteiger partial charge in [-0.1, -0.05) is 17.7 Å². The van der Waals surface area contributed by atoms with Crippen LogP contribution in [0.3, 0.4) is 0 Å². The van der Waals surface area contributed by atoms with E-state index in [1.165, 1.54) is 4.90 Å². The third-order valence-electron chi connectivity index (χ3n) is 5.13. The molecule has 1 aromatic carbocycles. The number of hydrogen-bond acceptors (Lipinski definition) is 3. The Balaban J connectivity index is 1.77. The molecule has 4 fully saturated rings. The monoisotopic (exact) mass is 303 g/mol. The Kier molecular flexibility index (Phi) is 2.73. The lowest BCUT2D eigenvalue weighted by Gasteiger charge is -2.41. The van der Waals surface area contributed by atoms with Gasteiger partial charge in [0.1, 0.15) is 5.78 Å².